The lowest BCUT2D eigenvalue weighted by Gasteiger charge is -2.36. The van der Waals surface area contributed by atoms with Gasteiger partial charge in [-0.15, -0.1) is 0 Å². The molecular formula is C27H28N8O2. The highest BCUT2D eigenvalue weighted by atomic mass is 16.2. The molecule has 2 fully saturated rings. The van der Waals surface area contributed by atoms with E-state index in [1.807, 2.05) is 65.4 Å². The van der Waals surface area contributed by atoms with E-state index < -0.39 is 0 Å². The first-order valence-electron chi connectivity index (χ1n) is 12.5. The highest BCUT2D eigenvalue weighted by molar-refractivity contribution is 5.98. The molecular weight excluding hydrogens is 468 g/mol. The minimum atomic E-state index is -0.0135. The molecule has 3 aromatic heterocycles. The number of rotatable bonds is 5. The summed E-state index contributed by atoms with van der Waals surface area (Å²) in [5.74, 6) is 0.459. The van der Waals surface area contributed by atoms with Crippen molar-refractivity contribution in [2.45, 2.75) is 18.9 Å². The number of nitrogens with one attached hydrogen (secondary N) is 2. The number of anilines is 2. The number of pyridine rings is 1. The highest BCUT2D eigenvalue weighted by Gasteiger charge is 2.34. The van der Waals surface area contributed by atoms with Crippen molar-refractivity contribution in [3.8, 4) is 11.4 Å². The molecule has 0 saturated carbocycles. The number of urea groups is 1. The molecule has 0 bridgehead atoms. The fraction of sp³-hybridized carbons (Fsp3) is 0.296. The zero-order valence-electron chi connectivity index (χ0n) is 20.6. The monoisotopic (exact) mass is 496 g/mol. The molecule has 188 valence electrons. The average molecular weight is 497 g/mol. The van der Waals surface area contributed by atoms with Crippen molar-refractivity contribution in [3.05, 3.63) is 66.6 Å². The van der Waals surface area contributed by atoms with Gasteiger partial charge < -0.3 is 25.0 Å². The number of nitrogens with zero attached hydrogens (tertiary/aromatic N) is 6. The Hall–Kier alpha value is -4.47. The Bertz CT molecular complexity index is 1450. The molecule has 2 saturated heterocycles. The van der Waals surface area contributed by atoms with Gasteiger partial charge in [-0.05, 0) is 55.3 Å². The van der Waals surface area contributed by atoms with Crippen LogP contribution < -0.4 is 5.32 Å². The highest BCUT2D eigenvalue weighted by Crippen LogP contribution is 2.25. The topological polar surface area (TPSA) is 110 Å². The lowest BCUT2D eigenvalue weighted by Crippen LogP contribution is -2.47. The van der Waals surface area contributed by atoms with E-state index in [1.54, 1.807) is 17.3 Å². The van der Waals surface area contributed by atoms with Gasteiger partial charge in [0.15, 0.2) is 0 Å². The van der Waals surface area contributed by atoms with Gasteiger partial charge in [0.1, 0.15) is 5.69 Å². The van der Waals surface area contributed by atoms with Crippen LogP contribution in [0.3, 0.4) is 0 Å². The Kier molecular flexibility index (Phi) is 5.91. The summed E-state index contributed by atoms with van der Waals surface area (Å²) in [5.41, 5.74) is 3.79. The zero-order valence-corrected chi connectivity index (χ0v) is 20.6. The van der Waals surface area contributed by atoms with Crippen LogP contribution in [0.15, 0.2) is 60.9 Å². The van der Waals surface area contributed by atoms with Crippen molar-refractivity contribution < 1.29 is 9.59 Å². The van der Waals surface area contributed by atoms with Gasteiger partial charge in [-0.25, -0.2) is 14.8 Å². The lowest BCUT2D eigenvalue weighted by atomic mass is 10.0. The molecule has 2 aliphatic heterocycles. The zero-order chi connectivity index (χ0) is 25.4. The Balaban J connectivity index is 1.13. The van der Waals surface area contributed by atoms with E-state index >= 15 is 0 Å². The standard InChI is InChI=1S/C27H28N8O2/c1-33-14-15-35(27(33)37)20-8-12-34(13-9-20)25(36)24-17-18-16-19(5-6-21(18)31-24)30-26-29-11-7-23(32-26)22-4-2-3-10-28-22/h2-7,10-11,16-17,20,31H,8-9,12-15H2,1H3,(H,29,30,32). The Morgan fingerprint density at radius 1 is 0.973 bits per heavy atom. The number of likely N-dealkylation sites (N-methyl/N-ethyl adjacent to an activating group) is 1. The van der Waals surface area contributed by atoms with Gasteiger partial charge >= 0.3 is 6.03 Å². The number of carbonyl (C=O) groups is 2. The predicted molar refractivity (Wildman–Crippen MR) is 141 cm³/mol. The fourth-order valence-electron chi connectivity index (χ4n) is 5.09. The molecule has 0 radical (unpaired) electrons. The number of fused-ring (bicyclic) bond motifs is 1. The maximum Gasteiger partial charge on any atom is 0.320 e. The molecule has 0 unspecified atom stereocenters. The van der Waals surface area contributed by atoms with Crippen LogP contribution in [0.4, 0.5) is 16.4 Å². The molecule has 2 N–H and O–H groups in total. The third-order valence-electron chi connectivity index (χ3n) is 7.13. The fourth-order valence-corrected chi connectivity index (χ4v) is 5.09. The van der Waals surface area contributed by atoms with Gasteiger partial charge in [-0.1, -0.05) is 6.07 Å². The van der Waals surface area contributed by atoms with Crippen molar-refractivity contribution in [2.75, 3.05) is 38.5 Å². The van der Waals surface area contributed by atoms with E-state index in [-0.39, 0.29) is 18.0 Å². The number of hydrogen-bond donors (Lipinski definition) is 2. The van der Waals surface area contributed by atoms with Gasteiger partial charge in [0.2, 0.25) is 5.95 Å². The Morgan fingerprint density at radius 3 is 2.59 bits per heavy atom. The van der Waals surface area contributed by atoms with Gasteiger partial charge in [0.05, 0.1) is 11.4 Å². The van der Waals surface area contributed by atoms with E-state index in [1.165, 1.54) is 0 Å². The van der Waals surface area contributed by atoms with Crippen LogP contribution in [-0.4, -0.2) is 85.8 Å². The van der Waals surface area contributed by atoms with Crippen LogP contribution in [-0.2, 0) is 0 Å². The normalized spacial score (nSPS) is 16.6. The smallest absolute Gasteiger partial charge is 0.320 e. The van der Waals surface area contributed by atoms with Crippen molar-refractivity contribution in [1.82, 2.24) is 34.6 Å². The maximum absolute atomic E-state index is 13.2. The van der Waals surface area contributed by atoms with Gasteiger partial charge in [-0.2, -0.15) is 0 Å². The summed E-state index contributed by atoms with van der Waals surface area (Å²) in [4.78, 5) is 47.7. The number of carbonyl (C=O) groups excluding carboxylic acids is 2. The van der Waals surface area contributed by atoms with Crippen LogP contribution >= 0.6 is 0 Å². The first kappa shape index (κ1) is 23.0. The molecule has 0 aliphatic carbocycles. The molecule has 3 amide bonds. The number of aromatic nitrogens is 4. The third-order valence-corrected chi connectivity index (χ3v) is 7.13. The SMILES string of the molecule is CN1CCN(C2CCN(C(=O)c3cc4cc(Nc5nccc(-c6ccccn6)n5)ccc4[nH]3)CC2)C1=O. The molecule has 1 aromatic carbocycles. The first-order valence-corrected chi connectivity index (χ1v) is 12.5. The molecule has 10 nitrogen and oxygen atoms in total. The van der Waals surface area contributed by atoms with Gasteiger partial charge in [-0.3, -0.25) is 9.78 Å². The van der Waals surface area contributed by atoms with Crippen molar-refractivity contribution in [1.29, 1.82) is 0 Å². The second-order valence-electron chi connectivity index (χ2n) is 9.51. The summed E-state index contributed by atoms with van der Waals surface area (Å²) in [7, 11) is 1.84. The molecule has 37 heavy (non-hydrogen) atoms. The van der Waals surface area contributed by atoms with Crippen molar-refractivity contribution >= 4 is 34.5 Å². The van der Waals surface area contributed by atoms with E-state index in [9.17, 15) is 9.59 Å². The van der Waals surface area contributed by atoms with Crippen LogP contribution in [0, 0.1) is 0 Å². The molecule has 0 spiro atoms. The first-order chi connectivity index (χ1) is 18.0. The van der Waals surface area contributed by atoms with E-state index in [0.717, 1.165) is 53.9 Å². The summed E-state index contributed by atoms with van der Waals surface area (Å²) >= 11 is 0. The van der Waals surface area contributed by atoms with Crippen molar-refractivity contribution in [3.63, 3.8) is 0 Å². The second-order valence-corrected chi connectivity index (χ2v) is 9.51. The quantitative estimate of drug-likeness (QED) is 0.436. The van der Waals surface area contributed by atoms with E-state index in [2.05, 4.69) is 25.3 Å². The van der Waals surface area contributed by atoms with E-state index in [4.69, 9.17) is 0 Å². The minimum Gasteiger partial charge on any atom is -0.351 e. The number of H-pyrrole nitrogens is 1. The average Bonchev–Trinajstić information content (AvgIpc) is 3.51. The van der Waals surface area contributed by atoms with Crippen LogP contribution in [0.1, 0.15) is 23.3 Å². The molecule has 4 aromatic rings. The molecule has 0 atom stereocenters. The lowest BCUT2D eigenvalue weighted by molar-refractivity contribution is 0.0659. The van der Waals surface area contributed by atoms with Crippen LogP contribution in [0.25, 0.3) is 22.3 Å². The number of aromatic amines is 1. The summed E-state index contributed by atoms with van der Waals surface area (Å²) in [6.07, 6.45) is 5.04. The van der Waals surface area contributed by atoms with Crippen molar-refractivity contribution in [2.24, 2.45) is 0 Å². The number of likely N-dealkylation sites (tertiary alicyclic amines) is 1. The molecule has 10 heteroatoms. The predicted octanol–water partition coefficient (Wildman–Crippen LogP) is 3.74. The third kappa shape index (κ3) is 4.57. The molecule has 2 aliphatic rings. The largest absolute Gasteiger partial charge is 0.351 e. The minimum absolute atomic E-state index is 0.0135. The van der Waals surface area contributed by atoms with E-state index in [0.29, 0.717) is 24.7 Å². The summed E-state index contributed by atoms with van der Waals surface area (Å²) in [6, 6.07) is 15.6. The maximum atomic E-state index is 13.2. The Labute approximate surface area is 214 Å². The Morgan fingerprint density at radius 2 is 1.84 bits per heavy atom. The number of amides is 3. The second kappa shape index (κ2) is 9.53. The summed E-state index contributed by atoms with van der Waals surface area (Å²) in [5, 5.41) is 4.18. The van der Waals surface area contributed by atoms with Crippen LogP contribution in [0.2, 0.25) is 0 Å². The number of hydrogen-bond acceptors (Lipinski definition) is 6. The molecule has 6 rings (SSSR count). The summed E-state index contributed by atoms with van der Waals surface area (Å²) in [6.45, 7) is 2.82. The molecule has 5 heterocycles. The number of piperidine rings is 1. The van der Waals surface area contributed by atoms with Gasteiger partial charge in [0.25, 0.3) is 5.91 Å². The van der Waals surface area contributed by atoms with Crippen LogP contribution in [0.5, 0.6) is 0 Å². The summed E-state index contributed by atoms with van der Waals surface area (Å²) < 4.78 is 0. The number of benzene rings is 1. The van der Waals surface area contributed by atoms with Gasteiger partial charge in [0, 0.05) is 68.3 Å².